The van der Waals surface area contributed by atoms with Crippen LogP contribution in [0.15, 0.2) is 23.1 Å². The predicted octanol–water partition coefficient (Wildman–Crippen LogP) is 2.87. The molecule has 1 heterocycles. The molecule has 2 atom stereocenters. The molecule has 0 fully saturated rings. The van der Waals surface area contributed by atoms with E-state index in [9.17, 15) is 0 Å². The Morgan fingerprint density at radius 1 is 1.33 bits per heavy atom. The van der Waals surface area contributed by atoms with E-state index in [0.717, 1.165) is 5.69 Å². The van der Waals surface area contributed by atoms with Gasteiger partial charge in [-0.25, -0.2) is 0 Å². The lowest BCUT2D eigenvalue weighted by Gasteiger charge is -2.09. The van der Waals surface area contributed by atoms with Gasteiger partial charge in [0.25, 0.3) is 0 Å². The van der Waals surface area contributed by atoms with Crippen LogP contribution in [0, 0.1) is 0 Å². The third-order valence-electron chi connectivity index (χ3n) is 2.57. The van der Waals surface area contributed by atoms with Crippen LogP contribution < -0.4 is 5.73 Å². The maximum Gasteiger partial charge on any atom is 0.0361 e. The first kappa shape index (κ1) is 7.99. The van der Waals surface area contributed by atoms with E-state index in [1.807, 2.05) is 23.9 Å². The Bertz CT molecular complexity index is 309. The number of hydrogen-bond acceptors (Lipinski definition) is 2. The van der Waals surface area contributed by atoms with E-state index in [-0.39, 0.29) is 0 Å². The smallest absolute Gasteiger partial charge is 0.0361 e. The molecule has 2 unspecified atom stereocenters. The molecular weight excluding hydrogens is 166 g/mol. The normalized spacial score (nSPS) is 27.2. The summed E-state index contributed by atoms with van der Waals surface area (Å²) in [5.74, 6) is 0.603. The second-order valence-electron chi connectivity index (χ2n) is 3.37. The number of nitrogens with two attached hydrogens (primary N) is 1. The molecule has 1 aromatic carbocycles. The summed E-state index contributed by atoms with van der Waals surface area (Å²) in [6.45, 7) is 4.51. The lowest BCUT2D eigenvalue weighted by atomic mass is 9.97. The van der Waals surface area contributed by atoms with Crippen LogP contribution in [0.1, 0.15) is 25.3 Å². The molecule has 2 rings (SSSR count). The highest BCUT2D eigenvalue weighted by molar-refractivity contribution is 8.00. The van der Waals surface area contributed by atoms with Gasteiger partial charge in [0.1, 0.15) is 0 Å². The van der Waals surface area contributed by atoms with E-state index in [2.05, 4.69) is 19.9 Å². The number of hydrogen-bond donors (Lipinski definition) is 1. The van der Waals surface area contributed by atoms with Crippen LogP contribution in [-0.2, 0) is 0 Å². The molecule has 2 heteroatoms. The monoisotopic (exact) mass is 179 g/mol. The average molecular weight is 179 g/mol. The minimum atomic E-state index is 0.603. The van der Waals surface area contributed by atoms with Crippen molar-refractivity contribution < 1.29 is 0 Å². The fourth-order valence-corrected chi connectivity index (χ4v) is 3.02. The SMILES string of the molecule is CC1Sc2cccc(N)c2C1C. The van der Waals surface area contributed by atoms with Crippen LogP contribution in [0.25, 0.3) is 0 Å². The zero-order valence-corrected chi connectivity index (χ0v) is 8.19. The van der Waals surface area contributed by atoms with Crippen LogP contribution in [0.3, 0.4) is 0 Å². The molecule has 12 heavy (non-hydrogen) atoms. The minimum Gasteiger partial charge on any atom is -0.398 e. The molecule has 1 aliphatic rings. The minimum absolute atomic E-state index is 0.603. The summed E-state index contributed by atoms with van der Waals surface area (Å²) >= 11 is 1.93. The number of benzene rings is 1. The molecular formula is C10H13NS. The number of thioether (sulfide) groups is 1. The first-order chi connectivity index (χ1) is 5.70. The maximum atomic E-state index is 5.91. The van der Waals surface area contributed by atoms with Gasteiger partial charge in [-0.3, -0.25) is 0 Å². The topological polar surface area (TPSA) is 26.0 Å². The van der Waals surface area contributed by atoms with Crippen molar-refractivity contribution in [2.45, 2.75) is 29.9 Å². The summed E-state index contributed by atoms with van der Waals surface area (Å²) in [4.78, 5) is 1.37. The second-order valence-corrected chi connectivity index (χ2v) is 4.79. The zero-order valence-electron chi connectivity index (χ0n) is 7.37. The first-order valence-corrected chi connectivity index (χ1v) is 5.13. The second kappa shape index (κ2) is 2.70. The van der Waals surface area contributed by atoms with Gasteiger partial charge in [0.05, 0.1) is 0 Å². The molecule has 0 aromatic heterocycles. The molecule has 0 amide bonds. The third-order valence-corrected chi connectivity index (χ3v) is 3.96. The summed E-state index contributed by atoms with van der Waals surface area (Å²) < 4.78 is 0. The zero-order chi connectivity index (χ0) is 8.72. The van der Waals surface area contributed by atoms with Gasteiger partial charge in [-0.15, -0.1) is 11.8 Å². The Hall–Kier alpha value is -0.630. The largest absolute Gasteiger partial charge is 0.398 e. The van der Waals surface area contributed by atoms with Gasteiger partial charge in [0.15, 0.2) is 0 Å². The highest BCUT2D eigenvalue weighted by atomic mass is 32.2. The Balaban J connectivity index is 2.55. The molecule has 0 aliphatic carbocycles. The van der Waals surface area contributed by atoms with Crippen molar-refractivity contribution in [1.29, 1.82) is 0 Å². The van der Waals surface area contributed by atoms with E-state index in [0.29, 0.717) is 11.2 Å². The van der Waals surface area contributed by atoms with E-state index in [1.165, 1.54) is 10.5 Å². The van der Waals surface area contributed by atoms with Crippen molar-refractivity contribution in [3.8, 4) is 0 Å². The van der Waals surface area contributed by atoms with E-state index < -0.39 is 0 Å². The summed E-state index contributed by atoms with van der Waals surface area (Å²) in [7, 11) is 0. The third kappa shape index (κ3) is 1.02. The quantitative estimate of drug-likeness (QED) is 0.620. The number of fused-ring (bicyclic) bond motifs is 1. The van der Waals surface area contributed by atoms with Crippen LogP contribution in [0.2, 0.25) is 0 Å². The maximum absolute atomic E-state index is 5.91. The Labute approximate surface area is 77.3 Å². The number of nitrogen functional groups attached to an aromatic ring is 1. The van der Waals surface area contributed by atoms with Crippen molar-refractivity contribution in [1.82, 2.24) is 0 Å². The van der Waals surface area contributed by atoms with Gasteiger partial charge >= 0.3 is 0 Å². The summed E-state index contributed by atoms with van der Waals surface area (Å²) in [6, 6.07) is 6.19. The van der Waals surface area contributed by atoms with E-state index in [1.54, 1.807) is 0 Å². The summed E-state index contributed by atoms with van der Waals surface area (Å²) in [5, 5.41) is 0.671. The van der Waals surface area contributed by atoms with Crippen molar-refractivity contribution in [3.05, 3.63) is 23.8 Å². The van der Waals surface area contributed by atoms with Crippen molar-refractivity contribution in [2.24, 2.45) is 0 Å². The number of anilines is 1. The fraction of sp³-hybridized carbons (Fsp3) is 0.400. The molecule has 0 saturated carbocycles. The standard InChI is InChI=1S/C10H13NS/c1-6-7(2)12-9-5-3-4-8(11)10(6)9/h3-7H,11H2,1-2H3. The van der Waals surface area contributed by atoms with Crippen molar-refractivity contribution in [2.75, 3.05) is 5.73 Å². The van der Waals surface area contributed by atoms with Crippen LogP contribution in [0.4, 0.5) is 5.69 Å². The Kier molecular flexibility index (Phi) is 1.80. The van der Waals surface area contributed by atoms with Crippen molar-refractivity contribution >= 4 is 17.4 Å². The molecule has 1 aliphatic heterocycles. The number of rotatable bonds is 0. The fourth-order valence-electron chi connectivity index (χ4n) is 1.69. The predicted molar refractivity (Wildman–Crippen MR) is 54.6 cm³/mol. The van der Waals surface area contributed by atoms with E-state index >= 15 is 0 Å². The van der Waals surface area contributed by atoms with Crippen LogP contribution in [0.5, 0.6) is 0 Å². The molecule has 0 saturated heterocycles. The molecule has 0 radical (unpaired) electrons. The Morgan fingerprint density at radius 3 is 2.75 bits per heavy atom. The van der Waals surface area contributed by atoms with Crippen molar-refractivity contribution in [3.63, 3.8) is 0 Å². The van der Waals surface area contributed by atoms with Gasteiger partial charge in [-0.2, -0.15) is 0 Å². The van der Waals surface area contributed by atoms with Gasteiger partial charge in [-0.1, -0.05) is 19.9 Å². The van der Waals surface area contributed by atoms with E-state index in [4.69, 9.17) is 5.73 Å². The van der Waals surface area contributed by atoms with Gasteiger partial charge in [0, 0.05) is 15.8 Å². The molecule has 0 bridgehead atoms. The molecule has 1 aromatic rings. The van der Waals surface area contributed by atoms with Crippen LogP contribution >= 0.6 is 11.8 Å². The first-order valence-electron chi connectivity index (χ1n) is 4.25. The highest BCUT2D eigenvalue weighted by Crippen LogP contribution is 2.47. The van der Waals surface area contributed by atoms with Crippen LogP contribution in [-0.4, -0.2) is 5.25 Å². The van der Waals surface area contributed by atoms with Gasteiger partial charge in [-0.05, 0) is 23.6 Å². The lowest BCUT2D eigenvalue weighted by Crippen LogP contribution is -2.02. The highest BCUT2D eigenvalue weighted by Gasteiger charge is 2.27. The Morgan fingerprint density at radius 2 is 2.08 bits per heavy atom. The van der Waals surface area contributed by atoms with Gasteiger partial charge < -0.3 is 5.73 Å². The summed E-state index contributed by atoms with van der Waals surface area (Å²) in [6.07, 6.45) is 0. The molecule has 0 spiro atoms. The molecule has 64 valence electrons. The average Bonchev–Trinajstić information content (AvgIpc) is 2.29. The molecule has 2 N–H and O–H groups in total. The lowest BCUT2D eigenvalue weighted by molar-refractivity contribution is 0.764. The molecule has 1 nitrogen and oxygen atoms in total. The summed E-state index contributed by atoms with van der Waals surface area (Å²) in [5.41, 5.74) is 8.22. The van der Waals surface area contributed by atoms with Gasteiger partial charge in [0.2, 0.25) is 0 Å².